The number of nitrogens with zero attached hydrogens (tertiary/aromatic N) is 2. The molecule has 0 bridgehead atoms. The first kappa shape index (κ1) is 64.0. The molecular formula is C44H69N8O24S+. The van der Waals surface area contributed by atoms with Crippen LogP contribution in [-0.2, 0) is 81.0 Å². The fourth-order valence-electron chi connectivity index (χ4n) is 8.82. The maximum atomic E-state index is 12.9. The molecular weight excluding hydrogens is 1060 g/mol. The molecule has 0 aromatic rings. The number of likely N-dealkylation sites (tertiary alicyclic amines) is 1. The van der Waals surface area contributed by atoms with Gasteiger partial charge < -0.3 is 89.6 Å². The Morgan fingerprint density at radius 1 is 0.844 bits per heavy atom. The summed E-state index contributed by atoms with van der Waals surface area (Å²) in [6.07, 6.45) is -15.2. The van der Waals surface area contributed by atoms with Gasteiger partial charge in [0.1, 0.15) is 18.3 Å². The van der Waals surface area contributed by atoms with Crippen molar-refractivity contribution in [2.24, 2.45) is 16.8 Å². The van der Waals surface area contributed by atoms with Crippen molar-refractivity contribution in [2.45, 2.75) is 162 Å². The predicted molar refractivity (Wildman–Crippen MR) is 254 cm³/mol. The van der Waals surface area contributed by atoms with E-state index < -0.39 is 177 Å². The van der Waals surface area contributed by atoms with Crippen LogP contribution in [0, 0.1) is 5.92 Å². The van der Waals surface area contributed by atoms with Crippen LogP contribution in [0.5, 0.6) is 0 Å². The number of hydrogen-bond acceptors (Lipinski definition) is 26. The van der Waals surface area contributed by atoms with Crippen LogP contribution in [0.15, 0.2) is 5.10 Å². The number of aliphatic hydroxyl groups excluding tert-OH is 6. The van der Waals surface area contributed by atoms with Crippen molar-refractivity contribution in [2.75, 3.05) is 39.2 Å². The van der Waals surface area contributed by atoms with Crippen LogP contribution in [0.2, 0.25) is 0 Å². The van der Waals surface area contributed by atoms with Crippen LogP contribution in [0.3, 0.4) is 0 Å². The van der Waals surface area contributed by atoms with E-state index in [0.717, 1.165) is 31.9 Å². The fourth-order valence-corrected chi connectivity index (χ4v) is 9.94. The van der Waals surface area contributed by atoms with E-state index in [2.05, 4.69) is 36.2 Å². The van der Waals surface area contributed by atoms with Crippen molar-refractivity contribution < 1.29 is 122 Å². The van der Waals surface area contributed by atoms with Gasteiger partial charge in [-0.2, -0.15) is 5.10 Å². The third kappa shape index (κ3) is 18.0. The first-order valence-electron chi connectivity index (χ1n) is 24.2. The molecule has 0 aromatic heterocycles. The number of nitrogens with one attached hydrogen (secondary N) is 5. The summed E-state index contributed by atoms with van der Waals surface area (Å²) in [6, 6.07) is -4.27. The lowest BCUT2D eigenvalue weighted by Gasteiger charge is -2.47. The Bertz CT molecular complexity index is 2130. The quantitative estimate of drug-likeness (QED) is 0.00464. The highest BCUT2D eigenvalue weighted by Gasteiger charge is 2.56. The minimum atomic E-state index is -2.81. The predicted octanol–water partition coefficient (Wildman–Crippen LogP) is -8.62. The van der Waals surface area contributed by atoms with E-state index in [1.54, 1.807) is 7.05 Å². The average Bonchev–Trinajstić information content (AvgIpc) is 3.62. The summed E-state index contributed by atoms with van der Waals surface area (Å²) in [6.45, 7) is -0.0186. The average molecular weight is 1130 g/mol. The summed E-state index contributed by atoms with van der Waals surface area (Å²) >= 11 is 1.31. The number of hydrogen-bond donors (Lipinski definition) is 13. The lowest BCUT2D eigenvalue weighted by atomic mass is 9.88. The molecule has 0 aromatic carbocycles. The van der Waals surface area contributed by atoms with E-state index in [9.17, 15) is 78.9 Å². The summed E-state index contributed by atoms with van der Waals surface area (Å²) in [5.74, 6) is -12.2. The number of aliphatic hydroxyl groups is 7. The normalized spacial score (nSPS) is 32.8. The van der Waals surface area contributed by atoms with Crippen LogP contribution in [0.1, 0.15) is 72.1 Å². The number of amides is 6. The highest BCUT2D eigenvalue weighted by molar-refractivity contribution is 8.00. The van der Waals surface area contributed by atoms with E-state index in [1.807, 2.05) is 0 Å². The van der Waals surface area contributed by atoms with Gasteiger partial charge in [-0.15, -0.1) is 11.8 Å². The van der Waals surface area contributed by atoms with Crippen LogP contribution in [-0.4, -0.2) is 237 Å². The standard InChI is InChI=1S/C44H68N8O24S/c1-22(57)48-35-28(62)14-43(72-20-55,74-30(35)16-47-51-33(64)7-9-52-34(65)12-31(41(52)67)77-11-5-6-32(45)46-4)69-10-8-26(60)39-36(49-23(2)58)29(63)15-44(76-39,73-21-56)70-18-25(17-53)38(66)40-37(50-24(3)59)27(61)13-42(68,75-40)71-19-54/h16,19-21,25-31,35-40,53,60-63,66,68H,5-15,17-18H2,1-4H3,(H2,45,46)(H,48,57)(H,49,58)(H,50,59)(H,51,64)/p+1/b47-16-. The minimum Gasteiger partial charge on any atom is -0.410 e. The molecule has 4 saturated heterocycles. The Morgan fingerprint density at radius 2 is 1.42 bits per heavy atom. The molecule has 16 unspecified atom stereocenters. The SMILES string of the molecule is C[NH+]=C(N)CCCSC1CC(=O)N(CCC(=O)N/N=C\C2OC(OC=O)(OCCC(O)C3OC(OC=O)(OCC(CO)C(O)C4OC(O)(OC=O)CC(O)C4NC(C)=O)CC(O)C3NC(C)=O)CC(O)C2NC(C)=O)C1=O. The Morgan fingerprint density at radius 3 is 2.00 bits per heavy atom. The van der Waals surface area contributed by atoms with E-state index >= 15 is 0 Å². The van der Waals surface area contributed by atoms with E-state index in [-0.39, 0.29) is 38.8 Å². The van der Waals surface area contributed by atoms with E-state index in [0.29, 0.717) is 24.4 Å². The second-order valence-corrected chi connectivity index (χ2v) is 19.6. The maximum Gasteiger partial charge on any atom is 0.332 e. The summed E-state index contributed by atoms with van der Waals surface area (Å²) in [7, 11) is 1.69. The topological polar surface area (TPSA) is 473 Å². The number of thioether (sulfide) groups is 1. The molecule has 32 nitrogen and oxygen atoms in total. The Hall–Kier alpha value is -5.56. The van der Waals surface area contributed by atoms with Gasteiger partial charge in [0.25, 0.3) is 19.4 Å². The van der Waals surface area contributed by atoms with Gasteiger partial charge in [-0.3, -0.25) is 58.8 Å². The van der Waals surface area contributed by atoms with Gasteiger partial charge >= 0.3 is 17.9 Å². The summed E-state index contributed by atoms with van der Waals surface area (Å²) in [5, 5.41) is 87.9. The van der Waals surface area contributed by atoms with Crippen molar-refractivity contribution >= 4 is 78.7 Å². The lowest BCUT2D eigenvalue weighted by Crippen LogP contribution is -2.70. The molecule has 16 atom stereocenters. The van der Waals surface area contributed by atoms with Gasteiger partial charge in [-0.1, -0.05) is 0 Å². The van der Waals surface area contributed by atoms with Crippen LogP contribution < -0.4 is 32.1 Å². The lowest BCUT2D eigenvalue weighted by molar-refractivity contribution is -0.422. The van der Waals surface area contributed by atoms with Gasteiger partial charge in [0.2, 0.25) is 41.3 Å². The maximum absolute atomic E-state index is 12.9. The third-order valence-electron chi connectivity index (χ3n) is 12.5. The number of amidine groups is 1. The number of ether oxygens (including phenoxy) is 8. The van der Waals surface area contributed by atoms with Gasteiger partial charge in [0, 0.05) is 52.5 Å². The van der Waals surface area contributed by atoms with Crippen LogP contribution >= 0.6 is 11.8 Å². The van der Waals surface area contributed by atoms with Crippen molar-refractivity contribution in [1.29, 1.82) is 0 Å². The molecule has 4 aliphatic heterocycles. The minimum absolute atomic E-state index is 0.0416. The number of nitrogens with two attached hydrogens (primary N) is 1. The van der Waals surface area contributed by atoms with Crippen LogP contribution in [0.4, 0.5) is 0 Å². The monoisotopic (exact) mass is 1130 g/mol. The van der Waals surface area contributed by atoms with Crippen LogP contribution in [0.25, 0.3) is 0 Å². The smallest absolute Gasteiger partial charge is 0.332 e. The Balaban J connectivity index is 1.46. The number of carbonyl (C=O) groups excluding carboxylic acids is 9. The molecule has 434 valence electrons. The zero-order chi connectivity index (χ0) is 57.3. The molecule has 4 heterocycles. The Kier molecular flexibility index (Phi) is 24.4. The molecule has 33 heteroatoms. The van der Waals surface area contributed by atoms with Crippen molar-refractivity contribution in [3.05, 3.63) is 0 Å². The highest BCUT2D eigenvalue weighted by atomic mass is 32.2. The molecule has 0 saturated carbocycles. The summed E-state index contributed by atoms with van der Waals surface area (Å²) < 4.78 is 43.7. The number of carbonyl (C=O) groups is 9. The molecule has 4 rings (SSSR count). The molecule has 14 N–H and O–H groups in total. The fraction of sp³-hybridized carbons (Fsp3) is 0.750. The molecule has 0 spiro atoms. The van der Waals surface area contributed by atoms with E-state index in [4.69, 9.17) is 38.9 Å². The van der Waals surface area contributed by atoms with Gasteiger partial charge in [0.05, 0.1) is 106 Å². The number of rotatable bonds is 30. The first-order chi connectivity index (χ1) is 36.4. The second kappa shape index (κ2) is 29.4. The number of hydrazone groups is 1. The molecule has 6 amide bonds. The molecule has 77 heavy (non-hydrogen) atoms. The Labute approximate surface area is 444 Å². The number of imide groups is 1. The zero-order valence-corrected chi connectivity index (χ0v) is 43.3. The molecule has 0 radical (unpaired) electrons. The second-order valence-electron chi connectivity index (χ2n) is 18.3. The molecule has 4 aliphatic rings. The summed E-state index contributed by atoms with van der Waals surface area (Å²) in [4.78, 5) is 114. The van der Waals surface area contributed by atoms with Gasteiger partial charge in [-0.05, 0) is 18.6 Å². The van der Waals surface area contributed by atoms with Gasteiger partial charge in [0.15, 0.2) is 0 Å². The van der Waals surface area contributed by atoms with Crippen molar-refractivity contribution in [1.82, 2.24) is 26.3 Å². The highest BCUT2D eigenvalue weighted by Crippen LogP contribution is 2.37. The first-order valence-corrected chi connectivity index (χ1v) is 25.2. The third-order valence-corrected chi connectivity index (χ3v) is 13.8. The van der Waals surface area contributed by atoms with Crippen molar-refractivity contribution in [3.8, 4) is 0 Å². The van der Waals surface area contributed by atoms with Gasteiger partial charge in [-0.25, -0.2) is 5.43 Å². The van der Waals surface area contributed by atoms with E-state index in [1.165, 1.54) is 11.8 Å². The summed E-state index contributed by atoms with van der Waals surface area (Å²) in [5.41, 5.74) is 7.96. The zero-order valence-electron chi connectivity index (χ0n) is 42.5. The molecule has 0 aliphatic carbocycles. The molecule has 4 fully saturated rings. The van der Waals surface area contributed by atoms with Crippen molar-refractivity contribution in [3.63, 3.8) is 0 Å². The largest absolute Gasteiger partial charge is 0.410 e.